The van der Waals surface area contributed by atoms with E-state index >= 15 is 0 Å². The van der Waals surface area contributed by atoms with Crippen molar-refractivity contribution in [3.05, 3.63) is 26.7 Å². The number of thioether (sulfide) groups is 1. The third-order valence-corrected chi connectivity index (χ3v) is 6.62. The van der Waals surface area contributed by atoms with Crippen molar-refractivity contribution in [3.8, 4) is 0 Å². The predicted molar refractivity (Wildman–Crippen MR) is 119 cm³/mol. The van der Waals surface area contributed by atoms with E-state index in [2.05, 4.69) is 16.9 Å². The molecule has 0 spiro atoms. The van der Waals surface area contributed by atoms with Gasteiger partial charge in [0.25, 0.3) is 5.56 Å². The number of carbonyl (C=O) groups is 1. The molecule has 1 amide bonds. The smallest absolute Gasteiger partial charge is 0.332 e. The second-order valence-electron chi connectivity index (χ2n) is 9.30. The Balaban J connectivity index is 2.11. The third kappa shape index (κ3) is 4.17. The lowest BCUT2D eigenvalue weighted by atomic mass is 9.96. The fourth-order valence-corrected chi connectivity index (χ4v) is 4.73. The van der Waals surface area contributed by atoms with Gasteiger partial charge in [-0.15, -0.1) is 0 Å². The quantitative estimate of drug-likeness (QED) is 0.544. The van der Waals surface area contributed by atoms with Crippen molar-refractivity contribution in [2.75, 3.05) is 13.1 Å². The molecular weight excluding hydrogens is 402 g/mol. The second kappa shape index (κ2) is 8.17. The van der Waals surface area contributed by atoms with E-state index in [1.54, 1.807) is 7.05 Å². The number of rotatable bonds is 3. The minimum atomic E-state index is -0.442. The van der Waals surface area contributed by atoms with E-state index in [-0.39, 0.29) is 16.7 Å². The molecule has 2 atom stereocenters. The molecule has 1 fully saturated rings. The first-order chi connectivity index (χ1) is 13.9. The number of amides is 1. The van der Waals surface area contributed by atoms with Gasteiger partial charge in [-0.2, -0.15) is 0 Å². The number of fused-ring (bicyclic) bond motifs is 1. The van der Waals surface area contributed by atoms with Crippen LogP contribution < -0.4 is 11.2 Å². The van der Waals surface area contributed by atoms with Crippen molar-refractivity contribution < 1.29 is 4.79 Å². The number of aryl methyl sites for hydroxylation is 1. The largest absolute Gasteiger partial charge is 0.341 e. The Hall–Kier alpha value is -2.16. The lowest BCUT2D eigenvalue weighted by Gasteiger charge is -2.32. The van der Waals surface area contributed by atoms with E-state index in [1.165, 1.54) is 23.4 Å². The van der Waals surface area contributed by atoms with Crippen LogP contribution in [0.3, 0.4) is 0 Å². The standard InChI is InChI=1S/C21H31N5O3S/c1-12-9-8-10-26(11-12)17(27)13(2)30-16-14-15(22-19(23-16)21(3,4)5)24(6)20(29)25(7)18(14)28/h12-13H,8-11H2,1-7H3. The molecule has 0 aromatic carbocycles. The molecule has 1 aliphatic rings. The average molecular weight is 434 g/mol. The number of hydrogen-bond acceptors (Lipinski definition) is 6. The molecule has 3 rings (SSSR count). The SMILES string of the molecule is CC1CCCN(C(=O)C(C)Sc2nc(C(C)(C)C)nc3c2c(=O)n(C)c(=O)n3C)C1. The molecular formula is C21H31N5O3S. The van der Waals surface area contributed by atoms with Crippen LogP contribution in [0.2, 0.25) is 0 Å². The highest BCUT2D eigenvalue weighted by molar-refractivity contribution is 8.00. The summed E-state index contributed by atoms with van der Waals surface area (Å²) in [7, 11) is 3.04. The van der Waals surface area contributed by atoms with E-state index in [1.807, 2.05) is 32.6 Å². The molecule has 0 aliphatic carbocycles. The number of likely N-dealkylation sites (tertiary alicyclic amines) is 1. The minimum Gasteiger partial charge on any atom is -0.341 e. The molecule has 1 saturated heterocycles. The lowest BCUT2D eigenvalue weighted by molar-refractivity contribution is -0.131. The number of nitrogens with zero attached hydrogens (tertiary/aromatic N) is 5. The van der Waals surface area contributed by atoms with Crippen molar-refractivity contribution in [3.63, 3.8) is 0 Å². The van der Waals surface area contributed by atoms with Crippen LogP contribution in [0.5, 0.6) is 0 Å². The molecule has 0 bridgehead atoms. The maximum Gasteiger partial charge on any atom is 0.332 e. The Kier molecular flexibility index (Phi) is 6.13. The summed E-state index contributed by atoms with van der Waals surface area (Å²) < 4.78 is 2.43. The summed E-state index contributed by atoms with van der Waals surface area (Å²) in [6.45, 7) is 11.5. The highest BCUT2D eigenvalue weighted by Crippen LogP contribution is 2.31. The van der Waals surface area contributed by atoms with Crippen LogP contribution >= 0.6 is 11.8 Å². The van der Waals surface area contributed by atoms with E-state index < -0.39 is 16.5 Å². The van der Waals surface area contributed by atoms with Crippen LogP contribution in [0.4, 0.5) is 0 Å². The Morgan fingerprint density at radius 2 is 1.83 bits per heavy atom. The lowest BCUT2D eigenvalue weighted by Crippen LogP contribution is -2.43. The van der Waals surface area contributed by atoms with Crippen LogP contribution in [-0.4, -0.2) is 48.2 Å². The van der Waals surface area contributed by atoms with Crippen molar-refractivity contribution in [2.24, 2.45) is 20.0 Å². The average Bonchev–Trinajstić information content (AvgIpc) is 2.68. The first kappa shape index (κ1) is 22.5. The fraction of sp³-hybridized carbons (Fsp3) is 0.667. The van der Waals surface area contributed by atoms with Crippen molar-refractivity contribution in [1.29, 1.82) is 0 Å². The summed E-state index contributed by atoms with van der Waals surface area (Å²) in [5, 5.41) is 0.333. The predicted octanol–water partition coefficient (Wildman–Crippen LogP) is 2.06. The van der Waals surface area contributed by atoms with Gasteiger partial charge in [0, 0.05) is 32.6 Å². The van der Waals surface area contributed by atoms with E-state index in [0.717, 1.165) is 30.5 Å². The molecule has 0 radical (unpaired) electrons. The summed E-state index contributed by atoms with van der Waals surface area (Å²) in [5.41, 5.74) is -0.955. The summed E-state index contributed by atoms with van der Waals surface area (Å²) in [4.78, 5) is 49.6. The van der Waals surface area contributed by atoms with Crippen LogP contribution in [0.15, 0.2) is 14.6 Å². The Bertz CT molecular complexity index is 1100. The zero-order valence-corrected chi connectivity index (χ0v) is 19.7. The molecule has 8 nitrogen and oxygen atoms in total. The molecule has 2 unspecified atom stereocenters. The molecule has 1 aliphatic heterocycles. The minimum absolute atomic E-state index is 0.0530. The highest BCUT2D eigenvalue weighted by Gasteiger charge is 2.29. The van der Waals surface area contributed by atoms with E-state index in [4.69, 9.17) is 0 Å². The fourth-order valence-electron chi connectivity index (χ4n) is 3.71. The second-order valence-corrected chi connectivity index (χ2v) is 10.6. The van der Waals surface area contributed by atoms with Crippen LogP contribution in [0.25, 0.3) is 11.0 Å². The van der Waals surface area contributed by atoms with Crippen molar-refractivity contribution >= 4 is 28.7 Å². The summed E-state index contributed by atoms with van der Waals surface area (Å²) in [6, 6.07) is 0. The zero-order chi connectivity index (χ0) is 22.4. The van der Waals surface area contributed by atoms with Crippen molar-refractivity contribution in [2.45, 2.75) is 63.2 Å². The Morgan fingerprint density at radius 3 is 2.43 bits per heavy atom. The molecule has 3 heterocycles. The van der Waals surface area contributed by atoms with Gasteiger partial charge >= 0.3 is 5.69 Å². The number of hydrogen-bond donors (Lipinski definition) is 0. The Labute approximate surface area is 180 Å². The van der Waals surface area contributed by atoms with Gasteiger partial charge in [0.05, 0.1) is 5.25 Å². The van der Waals surface area contributed by atoms with Gasteiger partial charge in [0.2, 0.25) is 5.91 Å². The normalized spacial score (nSPS) is 18.6. The number of aromatic nitrogens is 4. The monoisotopic (exact) mass is 433 g/mol. The topological polar surface area (TPSA) is 90.1 Å². The maximum absolute atomic E-state index is 13.1. The molecule has 0 N–H and O–H groups in total. The van der Waals surface area contributed by atoms with Gasteiger partial charge in [-0.05, 0) is 25.7 Å². The third-order valence-electron chi connectivity index (χ3n) is 5.54. The van der Waals surface area contributed by atoms with Gasteiger partial charge in [0.1, 0.15) is 16.2 Å². The van der Waals surface area contributed by atoms with Gasteiger partial charge in [-0.1, -0.05) is 39.5 Å². The molecule has 2 aromatic rings. The van der Waals surface area contributed by atoms with E-state index in [0.29, 0.717) is 22.4 Å². The van der Waals surface area contributed by atoms with Crippen LogP contribution in [0.1, 0.15) is 53.3 Å². The molecule has 0 saturated carbocycles. The molecule has 164 valence electrons. The molecule has 30 heavy (non-hydrogen) atoms. The Morgan fingerprint density at radius 1 is 1.17 bits per heavy atom. The van der Waals surface area contributed by atoms with Gasteiger partial charge < -0.3 is 4.90 Å². The van der Waals surface area contributed by atoms with Crippen LogP contribution in [-0.2, 0) is 24.3 Å². The van der Waals surface area contributed by atoms with Gasteiger partial charge in [-0.25, -0.2) is 14.8 Å². The highest BCUT2D eigenvalue weighted by atomic mass is 32.2. The maximum atomic E-state index is 13.1. The van der Waals surface area contributed by atoms with Gasteiger partial charge in [-0.3, -0.25) is 18.7 Å². The summed E-state index contributed by atoms with van der Waals surface area (Å²) in [6.07, 6.45) is 2.15. The summed E-state index contributed by atoms with van der Waals surface area (Å²) in [5.74, 6) is 1.08. The van der Waals surface area contributed by atoms with E-state index in [9.17, 15) is 14.4 Å². The number of piperidine rings is 1. The molecule has 2 aromatic heterocycles. The van der Waals surface area contributed by atoms with Crippen LogP contribution in [0, 0.1) is 5.92 Å². The number of carbonyl (C=O) groups excluding carboxylic acids is 1. The zero-order valence-electron chi connectivity index (χ0n) is 18.9. The first-order valence-electron chi connectivity index (χ1n) is 10.4. The molecule has 9 heteroatoms. The summed E-state index contributed by atoms with van der Waals surface area (Å²) >= 11 is 1.27. The first-order valence-corrected chi connectivity index (χ1v) is 11.2. The van der Waals surface area contributed by atoms with Crippen molar-refractivity contribution in [1.82, 2.24) is 24.0 Å². The van der Waals surface area contributed by atoms with Gasteiger partial charge in [0.15, 0.2) is 5.65 Å².